The standard InChI is InChI=1S/C17H17NO3/c1-11-12(2)21-13(3)16(11)17(20)18-15-9-5-4-7-14(15)8-6-10-19/h4-5,7,9,19H,10H2,1-3H3,(H,18,20). The first-order valence-corrected chi connectivity index (χ1v) is 6.61. The Balaban J connectivity index is 2.32. The molecule has 1 aromatic heterocycles. The van der Waals surface area contributed by atoms with Crippen molar-refractivity contribution < 1.29 is 14.3 Å². The molecule has 2 N–H and O–H groups in total. The molecule has 2 rings (SSSR count). The number of aliphatic hydroxyl groups is 1. The van der Waals surface area contributed by atoms with E-state index in [4.69, 9.17) is 9.52 Å². The molecule has 0 radical (unpaired) electrons. The molecule has 0 atom stereocenters. The number of aryl methyl sites for hydroxylation is 2. The van der Waals surface area contributed by atoms with Crippen molar-refractivity contribution in [3.8, 4) is 11.8 Å². The van der Waals surface area contributed by atoms with Gasteiger partial charge in [0.25, 0.3) is 5.91 Å². The van der Waals surface area contributed by atoms with E-state index in [1.54, 1.807) is 19.1 Å². The lowest BCUT2D eigenvalue weighted by Gasteiger charge is -2.07. The van der Waals surface area contributed by atoms with Gasteiger partial charge >= 0.3 is 0 Å². The SMILES string of the molecule is Cc1oc(C)c(C(=O)Nc2ccccc2C#CCO)c1C. The predicted octanol–water partition coefficient (Wildman–Crippen LogP) is 2.80. The molecule has 0 fully saturated rings. The number of amides is 1. The highest BCUT2D eigenvalue weighted by molar-refractivity contribution is 6.06. The van der Waals surface area contributed by atoms with E-state index < -0.39 is 0 Å². The van der Waals surface area contributed by atoms with Gasteiger partial charge in [0.15, 0.2) is 0 Å². The normalized spacial score (nSPS) is 9.90. The molecule has 4 heteroatoms. The highest BCUT2D eigenvalue weighted by Crippen LogP contribution is 2.23. The van der Waals surface area contributed by atoms with Crippen LogP contribution in [0, 0.1) is 32.6 Å². The van der Waals surface area contributed by atoms with Gasteiger partial charge in [0.2, 0.25) is 0 Å². The van der Waals surface area contributed by atoms with Crippen molar-refractivity contribution in [1.82, 2.24) is 0 Å². The summed E-state index contributed by atoms with van der Waals surface area (Å²) in [5, 5.41) is 11.6. The molecular weight excluding hydrogens is 266 g/mol. The van der Waals surface area contributed by atoms with E-state index in [1.807, 2.05) is 26.0 Å². The van der Waals surface area contributed by atoms with E-state index in [1.165, 1.54) is 0 Å². The van der Waals surface area contributed by atoms with Crippen molar-refractivity contribution in [3.63, 3.8) is 0 Å². The van der Waals surface area contributed by atoms with Crippen LogP contribution in [0.5, 0.6) is 0 Å². The number of rotatable bonds is 2. The van der Waals surface area contributed by atoms with Crippen molar-refractivity contribution in [2.75, 3.05) is 11.9 Å². The first-order valence-electron chi connectivity index (χ1n) is 6.61. The van der Waals surface area contributed by atoms with Gasteiger partial charge in [-0.15, -0.1) is 0 Å². The molecule has 1 heterocycles. The van der Waals surface area contributed by atoms with Crippen molar-refractivity contribution in [3.05, 3.63) is 52.5 Å². The first-order chi connectivity index (χ1) is 10.0. The van der Waals surface area contributed by atoms with Crippen LogP contribution in [0.4, 0.5) is 5.69 Å². The van der Waals surface area contributed by atoms with E-state index in [9.17, 15) is 4.79 Å². The molecule has 0 aliphatic carbocycles. The van der Waals surface area contributed by atoms with Crippen LogP contribution in [-0.2, 0) is 0 Å². The molecule has 4 nitrogen and oxygen atoms in total. The lowest BCUT2D eigenvalue weighted by molar-refractivity contribution is 0.102. The molecule has 1 aromatic carbocycles. The second-order valence-corrected chi connectivity index (χ2v) is 4.67. The van der Waals surface area contributed by atoms with E-state index in [-0.39, 0.29) is 12.5 Å². The zero-order valence-electron chi connectivity index (χ0n) is 12.3. The van der Waals surface area contributed by atoms with E-state index in [2.05, 4.69) is 17.2 Å². The summed E-state index contributed by atoms with van der Waals surface area (Å²) in [6, 6.07) is 7.21. The number of para-hydroxylation sites is 1. The Bertz CT molecular complexity index is 732. The lowest BCUT2D eigenvalue weighted by atomic mass is 10.1. The number of nitrogens with one attached hydrogen (secondary N) is 1. The minimum absolute atomic E-state index is 0.221. The monoisotopic (exact) mass is 283 g/mol. The summed E-state index contributed by atoms with van der Waals surface area (Å²) >= 11 is 0. The average Bonchev–Trinajstić information content (AvgIpc) is 2.71. The quantitative estimate of drug-likeness (QED) is 0.833. The van der Waals surface area contributed by atoms with Gasteiger partial charge in [-0.05, 0) is 32.9 Å². The maximum Gasteiger partial charge on any atom is 0.259 e. The third-order valence-corrected chi connectivity index (χ3v) is 3.27. The van der Waals surface area contributed by atoms with Crippen LogP contribution in [0.2, 0.25) is 0 Å². The van der Waals surface area contributed by atoms with Gasteiger partial charge in [-0.2, -0.15) is 0 Å². The second kappa shape index (κ2) is 6.29. The lowest BCUT2D eigenvalue weighted by Crippen LogP contribution is -2.14. The predicted molar refractivity (Wildman–Crippen MR) is 81.3 cm³/mol. The molecule has 2 aromatic rings. The molecule has 0 aliphatic rings. The second-order valence-electron chi connectivity index (χ2n) is 4.67. The Morgan fingerprint density at radius 1 is 1.24 bits per heavy atom. The topological polar surface area (TPSA) is 62.5 Å². The molecule has 0 unspecified atom stereocenters. The Kier molecular flexibility index (Phi) is 4.46. The van der Waals surface area contributed by atoms with Crippen LogP contribution in [-0.4, -0.2) is 17.6 Å². The third-order valence-electron chi connectivity index (χ3n) is 3.27. The molecule has 0 saturated carbocycles. The minimum atomic E-state index is -0.222. The fourth-order valence-corrected chi connectivity index (χ4v) is 2.15. The zero-order chi connectivity index (χ0) is 15.4. The van der Waals surface area contributed by atoms with Crippen LogP contribution >= 0.6 is 0 Å². The maximum atomic E-state index is 12.4. The third kappa shape index (κ3) is 3.15. The number of anilines is 1. The van der Waals surface area contributed by atoms with Crippen LogP contribution in [0.3, 0.4) is 0 Å². The fraction of sp³-hybridized carbons (Fsp3) is 0.235. The summed E-state index contributed by atoms with van der Waals surface area (Å²) in [6.45, 7) is 5.24. The van der Waals surface area contributed by atoms with Gasteiger partial charge in [-0.25, -0.2) is 0 Å². The molecule has 0 bridgehead atoms. The Labute approximate surface area is 123 Å². The highest BCUT2D eigenvalue weighted by atomic mass is 16.3. The zero-order valence-corrected chi connectivity index (χ0v) is 12.3. The molecule has 21 heavy (non-hydrogen) atoms. The number of hydrogen-bond donors (Lipinski definition) is 2. The first kappa shape index (κ1) is 14.9. The van der Waals surface area contributed by atoms with Gasteiger partial charge in [0.1, 0.15) is 18.1 Å². The van der Waals surface area contributed by atoms with E-state index >= 15 is 0 Å². The Morgan fingerprint density at radius 2 is 1.95 bits per heavy atom. The summed E-state index contributed by atoms with van der Waals surface area (Å²) in [6.07, 6.45) is 0. The van der Waals surface area contributed by atoms with Crippen LogP contribution in [0.1, 0.15) is 33.0 Å². The number of benzene rings is 1. The van der Waals surface area contributed by atoms with Gasteiger partial charge in [-0.1, -0.05) is 24.0 Å². The van der Waals surface area contributed by atoms with Crippen LogP contribution < -0.4 is 5.32 Å². The molecule has 0 saturated heterocycles. The molecule has 0 spiro atoms. The van der Waals surface area contributed by atoms with Crippen LogP contribution in [0.15, 0.2) is 28.7 Å². The van der Waals surface area contributed by atoms with E-state index in [0.29, 0.717) is 22.6 Å². The van der Waals surface area contributed by atoms with Gasteiger partial charge in [0.05, 0.1) is 11.3 Å². The molecule has 108 valence electrons. The average molecular weight is 283 g/mol. The largest absolute Gasteiger partial charge is 0.466 e. The number of furan rings is 1. The van der Waals surface area contributed by atoms with Gasteiger partial charge in [0, 0.05) is 11.1 Å². The Hall–Kier alpha value is -2.51. The van der Waals surface area contributed by atoms with Crippen molar-refractivity contribution in [2.24, 2.45) is 0 Å². The van der Waals surface area contributed by atoms with Crippen molar-refractivity contribution >= 4 is 11.6 Å². The fourth-order valence-electron chi connectivity index (χ4n) is 2.15. The number of aliphatic hydroxyl groups excluding tert-OH is 1. The number of carbonyl (C=O) groups is 1. The smallest absolute Gasteiger partial charge is 0.259 e. The van der Waals surface area contributed by atoms with Crippen molar-refractivity contribution in [2.45, 2.75) is 20.8 Å². The summed E-state index contributed by atoms with van der Waals surface area (Å²) < 4.78 is 5.48. The van der Waals surface area contributed by atoms with Gasteiger partial charge < -0.3 is 14.8 Å². The summed E-state index contributed by atoms with van der Waals surface area (Å²) in [5.74, 6) is 6.51. The summed E-state index contributed by atoms with van der Waals surface area (Å²) in [7, 11) is 0. The van der Waals surface area contributed by atoms with Crippen molar-refractivity contribution in [1.29, 1.82) is 0 Å². The molecule has 0 aliphatic heterocycles. The number of hydrogen-bond acceptors (Lipinski definition) is 3. The molecule has 1 amide bonds. The number of carbonyl (C=O) groups excluding carboxylic acids is 1. The molecular formula is C17H17NO3. The maximum absolute atomic E-state index is 12.4. The van der Waals surface area contributed by atoms with Crippen LogP contribution in [0.25, 0.3) is 0 Å². The highest BCUT2D eigenvalue weighted by Gasteiger charge is 2.19. The summed E-state index contributed by atoms with van der Waals surface area (Å²) in [4.78, 5) is 12.4. The Morgan fingerprint density at radius 3 is 2.57 bits per heavy atom. The van der Waals surface area contributed by atoms with E-state index in [0.717, 1.165) is 11.3 Å². The van der Waals surface area contributed by atoms with Gasteiger partial charge in [-0.3, -0.25) is 4.79 Å². The minimum Gasteiger partial charge on any atom is -0.466 e. The summed E-state index contributed by atoms with van der Waals surface area (Å²) in [5.41, 5.74) is 2.66.